The Morgan fingerprint density at radius 1 is 1.09 bits per heavy atom. The maximum Gasteiger partial charge on any atom is 0.151 e. The summed E-state index contributed by atoms with van der Waals surface area (Å²) in [5.74, 6) is 0.426. The fourth-order valence-corrected chi connectivity index (χ4v) is 1.08. The van der Waals surface area contributed by atoms with Crippen LogP contribution in [0, 0.1) is 5.92 Å². The van der Waals surface area contributed by atoms with Gasteiger partial charge in [0.25, 0.3) is 0 Å². The van der Waals surface area contributed by atoms with Crippen LogP contribution in [0.3, 0.4) is 0 Å². The van der Waals surface area contributed by atoms with Crippen LogP contribution in [0.1, 0.15) is 34.6 Å². The van der Waals surface area contributed by atoms with Gasteiger partial charge in [-0.2, -0.15) is 0 Å². The van der Waals surface area contributed by atoms with E-state index in [1.165, 1.54) is 0 Å². The van der Waals surface area contributed by atoms with Gasteiger partial charge in [0, 0.05) is 12.0 Å². The lowest BCUT2D eigenvalue weighted by molar-refractivity contribution is -0.123. The molecule has 0 radical (unpaired) electrons. The Morgan fingerprint density at radius 3 is 1.82 bits per heavy atom. The van der Waals surface area contributed by atoms with Gasteiger partial charge in [-0.05, 0) is 6.92 Å². The van der Waals surface area contributed by atoms with Crippen LogP contribution in [0.15, 0.2) is 0 Å². The lowest BCUT2D eigenvalue weighted by Gasteiger charge is -2.17. The second-order valence-electron chi connectivity index (χ2n) is 3.60. The van der Waals surface area contributed by atoms with Crippen LogP contribution >= 0.6 is 0 Å². The minimum atomic E-state index is -0.00463. The van der Waals surface area contributed by atoms with Crippen LogP contribution in [0.4, 0.5) is 0 Å². The molecule has 0 aromatic rings. The molecule has 1 N–H and O–H groups in total. The third-order valence-corrected chi connectivity index (χ3v) is 1.58. The topological polar surface area (TPSA) is 29.1 Å². The summed E-state index contributed by atoms with van der Waals surface area (Å²) in [6, 6.07) is 0.377. The third kappa shape index (κ3) is 4.14. The highest BCUT2D eigenvalue weighted by atomic mass is 16.1. The zero-order valence-corrected chi connectivity index (χ0v) is 8.14. The van der Waals surface area contributed by atoms with Gasteiger partial charge < -0.3 is 5.32 Å². The van der Waals surface area contributed by atoms with Crippen molar-refractivity contribution in [2.75, 3.05) is 0 Å². The largest absolute Gasteiger partial charge is 0.305 e. The van der Waals surface area contributed by atoms with Gasteiger partial charge in [-0.25, -0.2) is 0 Å². The molecule has 11 heavy (non-hydrogen) atoms. The highest BCUT2D eigenvalue weighted by Crippen LogP contribution is 1.99. The molecule has 2 heteroatoms. The molecule has 0 aromatic heterocycles. The number of nitrogens with one attached hydrogen (secondary N) is 1. The minimum Gasteiger partial charge on any atom is -0.305 e. The molecule has 0 aliphatic heterocycles. The zero-order valence-electron chi connectivity index (χ0n) is 8.14. The Hall–Kier alpha value is -0.370. The summed E-state index contributed by atoms with van der Waals surface area (Å²) in [4.78, 5) is 11.3. The van der Waals surface area contributed by atoms with Crippen molar-refractivity contribution in [2.45, 2.75) is 46.7 Å². The molecular weight excluding hydrogens is 138 g/mol. The first kappa shape index (κ1) is 10.6. The summed E-state index contributed by atoms with van der Waals surface area (Å²) in [7, 11) is 0. The maximum atomic E-state index is 11.3. The van der Waals surface area contributed by atoms with Gasteiger partial charge in [0.05, 0.1) is 6.04 Å². The number of carbonyl (C=O) groups is 1. The van der Waals surface area contributed by atoms with Crippen LogP contribution in [0.2, 0.25) is 0 Å². The molecule has 0 aliphatic rings. The number of rotatable bonds is 4. The van der Waals surface area contributed by atoms with E-state index in [4.69, 9.17) is 0 Å². The van der Waals surface area contributed by atoms with Gasteiger partial charge in [-0.15, -0.1) is 0 Å². The molecule has 0 amide bonds. The number of hydrogen-bond acceptors (Lipinski definition) is 2. The third-order valence-electron chi connectivity index (χ3n) is 1.58. The van der Waals surface area contributed by atoms with E-state index in [2.05, 4.69) is 5.32 Å². The van der Waals surface area contributed by atoms with Crippen LogP contribution in [0.25, 0.3) is 0 Å². The van der Waals surface area contributed by atoms with Crippen molar-refractivity contribution in [1.29, 1.82) is 0 Å². The van der Waals surface area contributed by atoms with Crippen molar-refractivity contribution in [1.82, 2.24) is 5.32 Å². The first-order chi connectivity index (χ1) is 4.95. The van der Waals surface area contributed by atoms with Crippen LogP contribution < -0.4 is 5.32 Å². The highest BCUT2D eigenvalue weighted by Gasteiger charge is 2.15. The van der Waals surface area contributed by atoms with E-state index < -0.39 is 0 Å². The summed E-state index contributed by atoms with van der Waals surface area (Å²) in [5, 5.41) is 3.17. The van der Waals surface area contributed by atoms with E-state index in [0.29, 0.717) is 11.8 Å². The van der Waals surface area contributed by atoms with E-state index in [-0.39, 0.29) is 12.0 Å². The molecular formula is C9H19NO. The Labute approximate surface area is 69.4 Å². The van der Waals surface area contributed by atoms with Gasteiger partial charge in [0.2, 0.25) is 0 Å². The molecule has 0 aromatic carbocycles. The standard InChI is InChI=1S/C9H19NO/c1-6(2)9(11)8(5)10-7(3)4/h6-8,10H,1-5H3. The average Bonchev–Trinajstić information content (AvgIpc) is 1.84. The van der Waals surface area contributed by atoms with E-state index in [0.717, 1.165) is 0 Å². The Balaban J connectivity index is 3.83. The van der Waals surface area contributed by atoms with Gasteiger partial charge in [-0.1, -0.05) is 27.7 Å². The first-order valence-corrected chi connectivity index (χ1v) is 4.25. The summed E-state index contributed by atoms with van der Waals surface area (Å²) in [6.07, 6.45) is 0. The Bertz CT molecular complexity index is 130. The summed E-state index contributed by atoms with van der Waals surface area (Å²) >= 11 is 0. The molecule has 0 spiro atoms. The smallest absolute Gasteiger partial charge is 0.151 e. The summed E-state index contributed by atoms with van der Waals surface area (Å²) in [5.41, 5.74) is 0. The van der Waals surface area contributed by atoms with Crippen molar-refractivity contribution in [3.63, 3.8) is 0 Å². The highest BCUT2D eigenvalue weighted by molar-refractivity contribution is 5.85. The Kier molecular flexibility index (Phi) is 4.34. The second-order valence-corrected chi connectivity index (χ2v) is 3.60. The number of hydrogen-bond donors (Lipinski definition) is 1. The van der Waals surface area contributed by atoms with Crippen molar-refractivity contribution < 1.29 is 4.79 Å². The quantitative estimate of drug-likeness (QED) is 0.671. The van der Waals surface area contributed by atoms with Crippen LogP contribution in [-0.4, -0.2) is 17.9 Å². The molecule has 0 fully saturated rings. The van der Waals surface area contributed by atoms with Crippen molar-refractivity contribution in [2.24, 2.45) is 5.92 Å². The molecule has 0 bridgehead atoms. The molecule has 0 rings (SSSR count). The van der Waals surface area contributed by atoms with Crippen LogP contribution in [-0.2, 0) is 4.79 Å². The van der Waals surface area contributed by atoms with Gasteiger partial charge in [0.15, 0.2) is 5.78 Å². The average molecular weight is 157 g/mol. The Morgan fingerprint density at radius 2 is 1.55 bits per heavy atom. The van der Waals surface area contributed by atoms with Gasteiger partial charge in [0.1, 0.15) is 0 Å². The lowest BCUT2D eigenvalue weighted by atomic mass is 10.0. The fraction of sp³-hybridized carbons (Fsp3) is 0.889. The SMILES string of the molecule is CC(C)NC(C)C(=O)C(C)C. The molecule has 1 atom stereocenters. The molecule has 0 saturated heterocycles. The lowest BCUT2D eigenvalue weighted by Crippen LogP contribution is -2.40. The maximum absolute atomic E-state index is 11.3. The monoisotopic (exact) mass is 157 g/mol. The molecule has 1 unspecified atom stereocenters. The molecule has 0 aliphatic carbocycles. The molecule has 0 heterocycles. The summed E-state index contributed by atoms with van der Waals surface area (Å²) < 4.78 is 0. The van der Waals surface area contributed by atoms with Crippen molar-refractivity contribution in [3.8, 4) is 0 Å². The fourth-order valence-electron chi connectivity index (χ4n) is 1.08. The van der Waals surface area contributed by atoms with E-state index in [9.17, 15) is 4.79 Å². The van der Waals surface area contributed by atoms with Gasteiger partial charge >= 0.3 is 0 Å². The molecule has 66 valence electrons. The van der Waals surface area contributed by atoms with Crippen LogP contribution in [0.5, 0.6) is 0 Å². The minimum absolute atomic E-state index is 0.00463. The summed E-state index contributed by atoms with van der Waals surface area (Å²) in [6.45, 7) is 9.87. The number of Topliss-reactive ketones (excluding diaryl/α,β-unsaturated/α-hetero) is 1. The number of carbonyl (C=O) groups excluding carboxylic acids is 1. The second kappa shape index (κ2) is 4.50. The van der Waals surface area contributed by atoms with E-state index in [1.807, 2.05) is 34.6 Å². The number of ketones is 1. The predicted octanol–water partition coefficient (Wildman–Crippen LogP) is 1.60. The van der Waals surface area contributed by atoms with Crippen molar-refractivity contribution in [3.05, 3.63) is 0 Å². The van der Waals surface area contributed by atoms with Crippen molar-refractivity contribution >= 4 is 5.78 Å². The predicted molar refractivity (Wildman–Crippen MR) is 47.6 cm³/mol. The normalized spacial score (nSPS) is 14.1. The zero-order chi connectivity index (χ0) is 9.02. The van der Waals surface area contributed by atoms with E-state index in [1.54, 1.807) is 0 Å². The van der Waals surface area contributed by atoms with E-state index >= 15 is 0 Å². The first-order valence-electron chi connectivity index (χ1n) is 4.25. The van der Waals surface area contributed by atoms with Gasteiger partial charge in [-0.3, -0.25) is 4.79 Å². The molecule has 2 nitrogen and oxygen atoms in total. The molecule has 0 saturated carbocycles.